The molecule has 23 heavy (non-hydrogen) atoms. The maximum absolute atomic E-state index is 4.34. The summed E-state index contributed by atoms with van der Waals surface area (Å²) in [6, 6.07) is 10.6. The lowest BCUT2D eigenvalue weighted by molar-refractivity contribution is 0.173. The molecular weight excluding hydrogens is 306 g/mol. The lowest BCUT2D eigenvalue weighted by Crippen LogP contribution is -2.34. The highest BCUT2D eigenvalue weighted by atomic mass is 32.1. The minimum Gasteiger partial charge on any atom is -0.298 e. The van der Waals surface area contributed by atoms with Gasteiger partial charge < -0.3 is 0 Å². The standard InChI is InChI=1S/C17H19N5S/c1-2-8-18-16(5-1)17-13-22(20-19-17)14-6-9-21(10-7-14)12-15-4-3-11-23-15/h1-5,8,11,13-14H,6-7,9-10,12H2. The van der Waals surface area contributed by atoms with Crippen molar-refractivity contribution in [1.82, 2.24) is 24.9 Å². The molecule has 6 heteroatoms. The van der Waals surface area contributed by atoms with Crippen molar-refractivity contribution >= 4 is 11.3 Å². The van der Waals surface area contributed by atoms with Gasteiger partial charge in [-0.3, -0.25) is 9.88 Å². The van der Waals surface area contributed by atoms with E-state index in [0.29, 0.717) is 6.04 Å². The van der Waals surface area contributed by atoms with Crippen molar-refractivity contribution in [2.24, 2.45) is 0 Å². The van der Waals surface area contributed by atoms with Crippen molar-refractivity contribution in [2.75, 3.05) is 13.1 Å². The summed E-state index contributed by atoms with van der Waals surface area (Å²) >= 11 is 1.84. The van der Waals surface area contributed by atoms with Gasteiger partial charge >= 0.3 is 0 Å². The molecule has 4 rings (SSSR count). The summed E-state index contributed by atoms with van der Waals surface area (Å²) in [7, 11) is 0. The fourth-order valence-corrected chi connectivity index (χ4v) is 3.80. The minimum atomic E-state index is 0.444. The largest absolute Gasteiger partial charge is 0.298 e. The van der Waals surface area contributed by atoms with Gasteiger partial charge in [0.25, 0.3) is 0 Å². The zero-order valence-electron chi connectivity index (χ0n) is 12.9. The van der Waals surface area contributed by atoms with E-state index in [0.717, 1.165) is 43.9 Å². The Balaban J connectivity index is 1.38. The van der Waals surface area contributed by atoms with E-state index in [1.807, 2.05) is 40.4 Å². The third-order valence-electron chi connectivity index (χ3n) is 4.33. The fraction of sp³-hybridized carbons (Fsp3) is 0.353. The van der Waals surface area contributed by atoms with Crippen LogP contribution in [0, 0.1) is 0 Å². The fourth-order valence-electron chi connectivity index (χ4n) is 3.05. The zero-order valence-corrected chi connectivity index (χ0v) is 13.7. The van der Waals surface area contributed by atoms with Crippen LogP contribution in [0.4, 0.5) is 0 Å². The highest BCUT2D eigenvalue weighted by Crippen LogP contribution is 2.25. The van der Waals surface area contributed by atoms with Crippen molar-refractivity contribution in [1.29, 1.82) is 0 Å². The predicted molar refractivity (Wildman–Crippen MR) is 91.1 cm³/mol. The Labute approximate surface area is 139 Å². The number of pyridine rings is 1. The van der Waals surface area contributed by atoms with Gasteiger partial charge in [-0.25, -0.2) is 4.68 Å². The summed E-state index contributed by atoms with van der Waals surface area (Å²) < 4.78 is 2.02. The molecule has 0 aliphatic carbocycles. The lowest BCUT2D eigenvalue weighted by atomic mass is 10.1. The molecule has 0 atom stereocenters. The molecule has 1 aliphatic rings. The predicted octanol–water partition coefficient (Wildman–Crippen LogP) is 3.24. The van der Waals surface area contributed by atoms with Gasteiger partial charge in [-0.2, -0.15) is 0 Å². The molecule has 3 aromatic rings. The molecule has 4 heterocycles. The Hall–Kier alpha value is -2.05. The van der Waals surface area contributed by atoms with E-state index in [-0.39, 0.29) is 0 Å². The molecule has 1 fully saturated rings. The number of rotatable bonds is 4. The Morgan fingerprint density at radius 1 is 1.09 bits per heavy atom. The lowest BCUT2D eigenvalue weighted by Gasteiger charge is -2.31. The van der Waals surface area contributed by atoms with Crippen LogP contribution >= 0.6 is 11.3 Å². The van der Waals surface area contributed by atoms with Crippen LogP contribution < -0.4 is 0 Å². The molecular formula is C17H19N5S. The van der Waals surface area contributed by atoms with Crippen LogP contribution in [0.3, 0.4) is 0 Å². The molecule has 0 saturated carbocycles. The van der Waals surface area contributed by atoms with E-state index in [4.69, 9.17) is 0 Å². The van der Waals surface area contributed by atoms with Gasteiger partial charge in [0.1, 0.15) is 5.69 Å². The van der Waals surface area contributed by atoms with Crippen LogP contribution in [0.1, 0.15) is 23.8 Å². The molecule has 0 unspecified atom stereocenters. The first-order valence-corrected chi connectivity index (χ1v) is 8.84. The van der Waals surface area contributed by atoms with Gasteiger partial charge in [0.2, 0.25) is 0 Å². The van der Waals surface area contributed by atoms with Crippen LogP contribution in [-0.2, 0) is 6.54 Å². The topological polar surface area (TPSA) is 46.8 Å². The van der Waals surface area contributed by atoms with E-state index in [9.17, 15) is 0 Å². The van der Waals surface area contributed by atoms with Gasteiger partial charge in [0.05, 0.1) is 17.9 Å². The highest BCUT2D eigenvalue weighted by molar-refractivity contribution is 7.09. The molecule has 0 spiro atoms. The second-order valence-corrected chi connectivity index (χ2v) is 6.92. The average Bonchev–Trinajstić information content (AvgIpc) is 3.28. The van der Waals surface area contributed by atoms with Gasteiger partial charge in [0, 0.05) is 30.7 Å². The van der Waals surface area contributed by atoms with E-state index in [1.165, 1.54) is 4.88 Å². The Bertz CT molecular complexity index is 729. The monoisotopic (exact) mass is 325 g/mol. The van der Waals surface area contributed by atoms with E-state index in [2.05, 4.69) is 37.7 Å². The first-order valence-electron chi connectivity index (χ1n) is 7.96. The average molecular weight is 325 g/mol. The van der Waals surface area contributed by atoms with Crippen LogP contribution in [-0.4, -0.2) is 38.0 Å². The smallest absolute Gasteiger partial charge is 0.131 e. The third-order valence-corrected chi connectivity index (χ3v) is 5.19. The number of hydrogen-bond donors (Lipinski definition) is 0. The summed E-state index contributed by atoms with van der Waals surface area (Å²) in [5, 5.41) is 10.8. The molecule has 0 N–H and O–H groups in total. The summed E-state index contributed by atoms with van der Waals surface area (Å²) in [5.41, 5.74) is 1.74. The third kappa shape index (κ3) is 3.33. The number of thiophene rings is 1. The van der Waals surface area contributed by atoms with Crippen LogP contribution in [0.15, 0.2) is 48.1 Å². The second kappa shape index (κ2) is 6.60. The molecule has 1 aliphatic heterocycles. The SMILES string of the molecule is c1ccc(-c2cn(C3CCN(Cc4cccs4)CC3)nn2)nc1. The van der Waals surface area contributed by atoms with Gasteiger partial charge in [0.15, 0.2) is 0 Å². The van der Waals surface area contributed by atoms with Crippen LogP contribution in [0.2, 0.25) is 0 Å². The molecule has 1 saturated heterocycles. The summed E-state index contributed by atoms with van der Waals surface area (Å²) in [5.74, 6) is 0. The number of nitrogens with zero attached hydrogens (tertiary/aromatic N) is 5. The molecule has 0 radical (unpaired) electrons. The summed E-state index contributed by atoms with van der Waals surface area (Å²) in [6.07, 6.45) is 6.06. The Morgan fingerprint density at radius 3 is 2.74 bits per heavy atom. The van der Waals surface area contributed by atoms with Crippen molar-refractivity contribution in [2.45, 2.75) is 25.4 Å². The number of hydrogen-bond acceptors (Lipinski definition) is 5. The van der Waals surface area contributed by atoms with E-state index >= 15 is 0 Å². The second-order valence-electron chi connectivity index (χ2n) is 5.89. The Kier molecular flexibility index (Phi) is 4.17. The summed E-state index contributed by atoms with van der Waals surface area (Å²) in [6.45, 7) is 3.30. The van der Waals surface area contributed by atoms with Crippen LogP contribution in [0.25, 0.3) is 11.4 Å². The molecule has 0 amide bonds. The Morgan fingerprint density at radius 2 is 2.00 bits per heavy atom. The highest BCUT2D eigenvalue weighted by Gasteiger charge is 2.22. The van der Waals surface area contributed by atoms with Crippen molar-refractivity contribution in [3.63, 3.8) is 0 Å². The van der Waals surface area contributed by atoms with Gasteiger partial charge in [-0.1, -0.05) is 17.3 Å². The van der Waals surface area contributed by atoms with Crippen molar-refractivity contribution < 1.29 is 0 Å². The molecule has 118 valence electrons. The van der Waals surface area contributed by atoms with E-state index in [1.54, 1.807) is 6.20 Å². The van der Waals surface area contributed by atoms with Gasteiger partial charge in [-0.05, 0) is 36.4 Å². The number of likely N-dealkylation sites (tertiary alicyclic amines) is 1. The molecule has 3 aromatic heterocycles. The van der Waals surface area contributed by atoms with Crippen LogP contribution in [0.5, 0.6) is 0 Å². The maximum Gasteiger partial charge on any atom is 0.131 e. The molecule has 5 nitrogen and oxygen atoms in total. The first kappa shape index (κ1) is 14.5. The normalized spacial score (nSPS) is 16.7. The first-order chi connectivity index (χ1) is 11.4. The number of aromatic nitrogens is 4. The molecule has 0 aromatic carbocycles. The minimum absolute atomic E-state index is 0.444. The quantitative estimate of drug-likeness (QED) is 0.739. The summed E-state index contributed by atoms with van der Waals surface area (Å²) in [4.78, 5) is 8.31. The maximum atomic E-state index is 4.34. The van der Waals surface area contributed by atoms with Crippen molar-refractivity contribution in [3.8, 4) is 11.4 Å². The number of piperidine rings is 1. The zero-order chi connectivity index (χ0) is 15.5. The van der Waals surface area contributed by atoms with Crippen molar-refractivity contribution in [3.05, 3.63) is 53.0 Å². The molecule has 0 bridgehead atoms. The van der Waals surface area contributed by atoms with E-state index < -0.39 is 0 Å². The van der Waals surface area contributed by atoms with Gasteiger partial charge in [-0.15, -0.1) is 16.4 Å².